The Morgan fingerprint density at radius 1 is 0.879 bits per heavy atom. The molecule has 0 aliphatic heterocycles. The fourth-order valence-corrected chi connectivity index (χ4v) is 3.58. The number of pyridine rings is 1. The lowest BCUT2D eigenvalue weighted by Crippen LogP contribution is -2.25. The number of ether oxygens (including phenoxy) is 1. The molecule has 0 saturated heterocycles. The van der Waals surface area contributed by atoms with Crippen LogP contribution in [0.4, 0.5) is 23.7 Å². The maximum Gasteiger partial charge on any atom is 0.235 e. The van der Waals surface area contributed by atoms with Crippen LogP contribution in [0.15, 0.2) is 60.8 Å². The highest BCUT2D eigenvalue weighted by Gasteiger charge is 2.13. The third-order valence-electron chi connectivity index (χ3n) is 5.43. The molecule has 8 heteroatoms. The van der Waals surface area contributed by atoms with Gasteiger partial charge in [-0.05, 0) is 49.4 Å². The highest BCUT2D eigenvalue weighted by atomic mass is 16.5. The number of rotatable bonds is 10. The first-order valence-electron chi connectivity index (χ1n) is 11.2. The molecule has 4 aromatic rings. The van der Waals surface area contributed by atoms with Crippen LogP contribution >= 0.6 is 0 Å². The van der Waals surface area contributed by atoms with Crippen molar-refractivity contribution in [2.24, 2.45) is 0 Å². The van der Waals surface area contributed by atoms with Crippen LogP contribution in [-0.4, -0.2) is 46.7 Å². The van der Waals surface area contributed by atoms with Crippen LogP contribution in [0, 0.1) is 0 Å². The molecule has 0 spiro atoms. The van der Waals surface area contributed by atoms with Crippen LogP contribution in [0.5, 0.6) is 5.75 Å². The number of methoxy groups -OCH3 is 1. The molecule has 2 N–H and O–H groups in total. The minimum atomic E-state index is 0.461. The molecule has 33 heavy (non-hydrogen) atoms. The van der Waals surface area contributed by atoms with E-state index < -0.39 is 0 Å². The molecule has 0 saturated carbocycles. The summed E-state index contributed by atoms with van der Waals surface area (Å²) < 4.78 is 5.23. The van der Waals surface area contributed by atoms with Crippen LogP contribution in [0.1, 0.15) is 19.4 Å². The summed E-state index contributed by atoms with van der Waals surface area (Å²) in [5.74, 6) is 3.19. The number of anilines is 4. The van der Waals surface area contributed by atoms with Gasteiger partial charge in [0.2, 0.25) is 17.8 Å². The zero-order valence-electron chi connectivity index (χ0n) is 19.2. The Kier molecular flexibility index (Phi) is 7.14. The van der Waals surface area contributed by atoms with E-state index in [0.717, 1.165) is 36.0 Å². The molecule has 0 amide bonds. The Morgan fingerprint density at radius 2 is 1.64 bits per heavy atom. The third-order valence-corrected chi connectivity index (χ3v) is 5.43. The van der Waals surface area contributed by atoms with Crippen molar-refractivity contribution in [2.75, 3.05) is 42.3 Å². The normalized spacial score (nSPS) is 10.8. The van der Waals surface area contributed by atoms with Crippen molar-refractivity contribution in [3.63, 3.8) is 0 Å². The summed E-state index contributed by atoms with van der Waals surface area (Å²) in [5.41, 5.74) is 1.21. The molecule has 0 radical (unpaired) electrons. The number of benzene rings is 2. The van der Waals surface area contributed by atoms with E-state index in [4.69, 9.17) is 4.74 Å². The lowest BCUT2D eigenvalue weighted by molar-refractivity contribution is 0.414. The van der Waals surface area contributed by atoms with Crippen molar-refractivity contribution in [3.8, 4) is 5.75 Å². The maximum absolute atomic E-state index is 5.23. The van der Waals surface area contributed by atoms with Gasteiger partial charge >= 0.3 is 0 Å². The first kappa shape index (κ1) is 22.3. The molecule has 2 aromatic carbocycles. The van der Waals surface area contributed by atoms with E-state index in [0.29, 0.717) is 30.2 Å². The summed E-state index contributed by atoms with van der Waals surface area (Å²) in [6.45, 7) is 6.47. The van der Waals surface area contributed by atoms with Gasteiger partial charge in [-0.1, -0.05) is 36.4 Å². The molecule has 0 aliphatic rings. The third kappa shape index (κ3) is 5.46. The van der Waals surface area contributed by atoms with Gasteiger partial charge in [0, 0.05) is 31.2 Å². The molecule has 2 aromatic heterocycles. The number of aromatic nitrogens is 4. The van der Waals surface area contributed by atoms with Crippen LogP contribution in [0.2, 0.25) is 0 Å². The van der Waals surface area contributed by atoms with Crippen LogP contribution < -0.4 is 20.3 Å². The van der Waals surface area contributed by atoms with Crippen molar-refractivity contribution in [2.45, 2.75) is 20.3 Å². The minimum Gasteiger partial charge on any atom is -0.497 e. The second-order valence-corrected chi connectivity index (χ2v) is 7.49. The van der Waals surface area contributed by atoms with Crippen molar-refractivity contribution >= 4 is 34.4 Å². The van der Waals surface area contributed by atoms with Crippen molar-refractivity contribution in [1.82, 2.24) is 19.9 Å². The summed E-state index contributed by atoms with van der Waals surface area (Å²) >= 11 is 0. The van der Waals surface area contributed by atoms with Gasteiger partial charge < -0.3 is 20.3 Å². The van der Waals surface area contributed by atoms with Crippen LogP contribution in [-0.2, 0) is 6.42 Å². The molecule has 8 nitrogen and oxygen atoms in total. The van der Waals surface area contributed by atoms with Gasteiger partial charge in [0.05, 0.1) is 7.11 Å². The second-order valence-electron chi connectivity index (χ2n) is 7.49. The molecule has 0 fully saturated rings. The Morgan fingerprint density at radius 3 is 2.39 bits per heavy atom. The maximum atomic E-state index is 5.23. The van der Waals surface area contributed by atoms with Crippen molar-refractivity contribution in [3.05, 3.63) is 66.4 Å². The van der Waals surface area contributed by atoms with E-state index in [9.17, 15) is 0 Å². The van der Waals surface area contributed by atoms with E-state index >= 15 is 0 Å². The Hall–Kier alpha value is -3.94. The van der Waals surface area contributed by atoms with Crippen molar-refractivity contribution in [1.29, 1.82) is 0 Å². The summed E-state index contributed by atoms with van der Waals surface area (Å²) in [7, 11) is 1.67. The Balaban J connectivity index is 1.56. The first-order valence-corrected chi connectivity index (χ1v) is 11.2. The average molecular weight is 444 g/mol. The van der Waals surface area contributed by atoms with Crippen LogP contribution in [0.3, 0.4) is 0 Å². The monoisotopic (exact) mass is 443 g/mol. The number of nitrogens with one attached hydrogen (secondary N) is 2. The zero-order chi connectivity index (χ0) is 23.0. The number of nitrogens with zero attached hydrogens (tertiary/aromatic N) is 5. The lowest BCUT2D eigenvalue weighted by atomic mass is 10.1. The summed E-state index contributed by atoms with van der Waals surface area (Å²) in [6.07, 6.45) is 2.62. The predicted octanol–water partition coefficient (Wildman–Crippen LogP) is 4.67. The van der Waals surface area contributed by atoms with Gasteiger partial charge in [-0.15, -0.1) is 0 Å². The Bertz CT molecular complexity index is 1190. The van der Waals surface area contributed by atoms with Gasteiger partial charge in [0.15, 0.2) is 0 Å². The molecular formula is C25H29N7O. The SMILES string of the molecule is CCN(CC)c1nc(NCCc2ccc(OC)cc2)nc(Nc2nccc3ccccc23)n1. The molecule has 0 unspecified atom stereocenters. The quantitative estimate of drug-likeness (QED) is 0.365. The first-order chi connectivity index (χ1) is 16.2. The topological polar surface area (TPSA) is 88.1 Å². The minimum absolute atomic E-state index is 0.461. The van der Waals surface area contributed by atoms with E-state index in [1.807, 2.05) is 36.4 Å². The molecule has 0 atom stereocenters. The van der Waals surface area contributed by atoms with E-state index in [1.54, 1.807) is 13.3 Å². The molecule has 4 rings (SSSR count). The largest absolute Gasteiger partial charge is 0.497 e. The van der Waals surface area contributed by atoms with Gasteiger partial charge in [0.25, 0.3) is 0 Å². The Labute approximate surface area is 194 Å². The smallest absolute Gasteiger partial charge is 0.235 e. The summed E-state index contributed by atoms with van der Waals surface area (Å²) in [5, 5.41) is 8.76. The highest BCUT2D eigenvalue weighted by molar-refractivity contribution is 5.92. The van der Waals surface area contributed by atoms with E-state index in [2.05, 4.69) is 67.5 Å². The average Bonchev–Trinajstić information content (AvgIpc) is 2.85. The molecule has 0 aliphatic carbocycles. The fourth-order valence-electron chi connectivity index (χ4n) is 3.58. The van der Waals surface area contributed by atoms with Gasteiger partial charge in [-0.25, -0.2) is 4.98 Å². The molecular weight excluding hydrogens is 414 g/mol. The zero-order valence-corrected chi connectivity index (χ0v) is 19.2. The van der Waals surface area contributed by atoms with Gasteiger partial charge in [0.1, 0.15) is 11.6 Å². The summed E-state index contributed by atoms with van der Waals surface area (Å²) in [4.78, 5) is 20.5. The number of hydrogen-bond donors (Lipinski definition) is 2. The lowest BCUT2D eigenvalue weighted by Gasteiger charge is -2.20. The molecule has 2 heterocycles. The van der Waals surface area contributed by atoms with Gasteiger partial charge in [-0.3, -0.25) is 0 Å². The van der Waals surface area contributed by atoms with E-state index in [-0.39, 0.29) is 0 Å². The highest BCUT2D eigenvalue weighted by Crippen LogP contribution is 2.24. The van der Waals surface area contributed by atoms with Crippen molar-refractivity contribution < 1.29 is 4.74 Å². The second kappa shape index (κ2) is 10.6. The number of hydrogen-bond acceptors (Lipinski definition) is 8. The van der Waals surface area contributed by atoms with Gasteiger partial charge in [-0.2, -0.15) is 15.0 Å². The number of fused-ring (bicyclic) bond motifs is 1. The predicted molar refractivity (Wildman–Crippen MR) is 134 cm³/mol. The van der Waals surface area contributed by atoms with E-state index in [1.165, 1.54) is 5.56 Å². The fraction of sp³-hybridized carbons (Fsp3) is 0.280. The molecule has 170 valence electrons. The standard InChI is InChI=1S/C25H29N7O/c1-4-32(5-2)25-30-23(27-16-14-18-10-12-20(33-3)13-11-18)29-24(31-25)28-22-21-9-7-6-8-19(21)15-17-26-22/h6-13,15,17H,4-5,14,16H2,1-3H3,(H2,26,27,28,29,30,31). The van der Waals surface area contributed by atoms with Crippen LogP contribution in [0.25, 0.3) is 10.8 Å². The summed E-state index contributed by atoms with van der Waals surface area (Å²) in [6, 6.07) is 18.2. The molecule has 0 bridgehead atoms.